The van der Waals surface area contributed by atoms with Gasteiger partial charge in [0.25, 0.3) is 0 Å². The first-order valence-corrected chi connectivity index (χ1v) is 8.21. The van der Waals surface area contributed by atoms with E-state index in [1.807, 2.05) is 6.92 Å². The van der Waals surface area contributed by atoms with Gasteiger partial charge in [0.1, 0.15) is 0 Å². The van der Waals surface area contributed by atoms with Crippen LogP contribution in [0, 0.1) is 18.8 Å². The quantitative estimate of drug-likeness (QED) is 0.838. The molecule has 1 aliphatic rings. The van der Waals surface area contributed by atoms with Gasteiger partial charge >= 0.3 is 5.97 Å². The average Bonchev–Trinajstić information content (AvgIpc) is 2.81. The van der Waals surface area contributed by atoms with Crippen molar-refractivity contribution in [2.24, 2.45) is 11.8 Å². The van der Waals surface area contributed by atoms with Crippen LogP contribution in [0.5, 0.6) is 0 Å². The van der Waals surface area contributed by atoms with Crippen LogP contribution in [-0.4, -0.2) is 24.6 Å². The standard InChI is InChI=1S/C15H24N2O2S/c1-10-4-6-12(7-5-10)8-9-16-15-17-13(11(2)20-15)14(18)19-3/h10,12H,4-9H2,1-3H3,(H,16,17). The lowest BCUT2D eigenvalue weighted by Crippen LogP contribution is -2.15. The fraction of sp³-hybridized carbons (Fsp3) is 0.733. The van der Waals surface area contributed by atoms with Crippen LogP contribution >= 0.6 is 11.3 Å². The molecule has 2 rings (SSSR count). The van der Waals surface area contributed by atoms with Gasteiger partial charge in [-0.15, -0.1) is 11.3 Å². The van der Waals surface area contributed by atoms with Crippen molar-refractivity contribution in [3.8, 4) is 0 Å². The number of carbonyl (C=O) groups is 1. The zero-order valence-electron chi connectivity index (χ0n) is 12.6. The lowest BCUT2D eigenvalue weighted by atomic mass is 9.81. The summed E-state index contributed by atoms with van der Waals surface area (Å²) in [6, 6.07) is 0. The van der Waals surface area contributed by atoms with Crippen molar-refractivity contribution in [2.45, 2.75) is 46.0 Å². The molecule has 1 aromatic heterocycles. The topological polar surface area (TPSA) is 51.2 Å². The minimum Gasteiger partial charge on any atom is -0.464 e. The zero-order valence-corrected chi connectivity index (χ0v) is 13.4. The molecule has 4 nitrogen and oxygen atoms in total. The predicted molar refractivity (Wildman–Crippen MR) is 82.4 cm³/mol. The number of anilines is 1. The summed E-state index contributed by atoms with van der Waals surface area (Å²) in [6.45, 7) is 5.19. The Bertz CT molecular complexity index is 451. The highest BCUT2D eigenvalue weighted by atomic mass is 32.1. The second kappa shape index (κ2) is 7.07. The van der Waals surface area contributed by atoms with E-state index in [0.717, 1.165) is 28.4 Å². The number of rotatable bonds is 5. The fourth-order valence-corrected chi connectivity index (χ4v) is 3.59. The predicted octanol–water partition coefficient (Wildman–Crippen LogP) is 3.87. The van der Waals surface area contributed by atoms with Gasteiger partial charge in [0.2, 0.25) is 0 Å². The Hall–Kier alpha value is -1.10. The Balaban J connectivity index is 1.78. The van der Waals surface area contributed by atoms with E-state index in [1.165, 1.54) is 50.6 Å². The maximum absolute atomic E-state index is 11.5. The second-order valence-corrected chi connectivity index (χ2v) is 6.96. The Kier molecular flexibility index (Phi) is 5.40. The molecule has 0 bridgehead atoms. The lowest BCUT2D eigenvalue weighted by molar-refractivity contribution is 0.0594. The lowest BCUT2D eigenvalue weighted by Gasteiger charge is -2.26. The molecule has 1 aromatic rings. The molecule has 0 saturated heterocycles. The monoisotopic (exact) mass is 296 g/mol. The van der Waals surface area contributed by atoms with Crippen molar-refractivity contribution < 1.29 is 9.53 Å². The summed E-state index contributed by atoms with van der Waals surface area (Å²) in [5, 5.41) is 4.17. The third-order valence-electron chi connectivity index (χ3n) is 4.14. The number of methoxy groups -OCH3 is 1. The molecular formula is C15H24N2O2S. The highest BCUT2D eigenvalue weighted by Gasteiger charge is 2.18. The fourth-order valence-electron chi connectivity index (χ4n) is 2.76. The van der Waals surface area contributed by atoms with Crippen LogP contribution in [0.4, 0.5) is 5.13 Å². The van der Waals surface area contributed by atoms with E-state index in [2.05, 4.69) is 17.2 Å². The number of aryl methyl sites for hydroxylation is 1. The van der Waals surface area contributed by atoms with Crippen LogP contribution < -0.4 is 5.32 Å². The first kappa shape index (κ1) is 15.3. The molecule has 1 saturated carbocycles. The second-order valence-electron chi connectivity index (χ2n) is 5.76. The Morgan fingerprint density at radius 1 is 1.40 bits per heavy atom. The zero-order chi connectivity index (χ0) is 14.5. The van der Waals surface area contributed by atoms with Gasteiger partial charge in [-0.25, -0.2) is 9.78 Å². The van der Waals surface area contributed by atoms with E-state index in [1.54, 1.807) is 0 Å². The summed E-state index contributed by atoms with van der Waals surface area (Å²) in [5.74, 6) is 1.40. The van der Waals surface area contributed by atoms with Gasteiger partial charge in [-0.05, 0) is 25.2 Å². The number of esters is 1. The number of nitrogens with zero attached hydrogens (tertiary/aromatic N) is 1. The minimum atomic E-state index is -0.354. The molecule has 0 aromatic carbocycles. The van der Waals surface area contributed by atoms with Crippen LogP contribution in [0.15, 0.2) is 0 Å². The van der Waals surface area contributed by atoms with Crippen LogP contribution in [0.25, 0.3) is 0 Å². The van der Waals surface area contributed by atoms with Crippen LogP contribution in [0.3, 0.4) is 0 Å². The molecular weight excluding hydrogens is 272 g/mol. The maximum atomic E-state index is 11.5. The average molecular weight is 296 g/mol. The third-order valence-corrected chi connectivity index (χ3v) is 5.07. The molecule has 1 N–H and O–H groups in total. The SMILES string of the molecule is COC(=O)c1nc(NCCC2CCC(C)CC2)sc1C. The maximum Gasteiger partial charge on any atom is 0.357 e. The van der Waals surface area contributed by atoms with Gasteiger partial charge in [0, 0.05) is 11.4 Å². The third kappa shape index (κ3) is 3.95. The van der Waals surface area contributed by atoms with E-state index in [4.69, 9.17) is 4.74 Å². The van der Waals surface area contributed by atoms with Crippen molar-refractivity contribution in [1.29, 1.82) is 0 Å². The number of nitrogens with one attached hydrogen (secondary N) is 1. The smallest absolute Gasteiger partial charge is 0.357 e. The Labute approximate surface area is 124 Å². The summed E-state index contributed by atoms with van der Waals surface area (Å²) in [7, 11) is 1.39. The van der Waals surface area contributed by atoms with E-state index < -0.39 is 0 Å². The normalized spacial score (nSPS) is 22.6. The molecule has 0 amide bonds. The number of thiazole rings is 1. The molecule has 112 valence electrons. The van der Waals surface area contributed by atoms with Gasteiger partial charge in [-0.2, -0.15) is 0 Å². The molecule has 0 radical (unpaired) electrons. The van der Waals surface area contributed by atoms with Crippen molar-refractivity contribution in [3.05, 3.63) is 10.6 Å². The van der Waals surface area contributed by atoms with E-state index in [0.29, 0.717) is 5.69 Å². The largest absolute Gasteiger partial charge is 0.464 e. The highest BCUT2D eigenvalue weighted by molar-refractivity contribution is 7.15. The number of aromatic nitrogens is 1. The number of hydrogen-bond donors (Lipinski definition) is 1. The first-order chi connectivity index (χ1) is 9.60. The van der Waals surface area contributed by atoms with Crippen molar-refractivity contribution in [3.63, 3.8) is 0 Å². The summed E-state index contributed by atoms with van der Waals surface area (Å²) in [4.78, 5) is 16.7. The summed E-state index contributed by atoms with van der Waals surface area (Å²) < 4.78 is 4.72. The Morgan fingerprint density at radius 3 is 2.75 bits per heavy atom. The van der Waals surface area contributed by atoms with Crippen LogP contribution in [0.2, 0.25) is 0 Å². The van der Waals surface area contributed by atoms with E-state index >= 15 is 0 Å². The Morgan fingerprint density at radius 2 is 2.10 bits per heavy atom. The highest BCUT2D eigenvalue weighted by Crippen LogP contribution is 2.30. The molecule has 0 atom stereocenters. The van der Waals surface area contributed by atoms with Gasteiger partial charge in [-0.1, -0.05) is 32.6 Å². The molecule has 0 unspecified atom stereocenters. The molecule has 0 spiro atoms. The molecule has 1 aliphatic carbocycles. The minimum absolute atomic E-state index is 0.354. The van der Waals surface area contributed by atoms with Crippen molar-refractivity contribution in [1.82, 2.24) is 4.98 Å². The summed E-state index contributed by atoms with van der Waals surface area (Å²) in [5.41, 5.74) is 0.437. The first-order valence-electron chi connectivity index (χ1n) is 7.39. The van der Waals surface area contributed by atoms with Crippen LogP contribution in [-0.2, 0) is 4.74 Å². The number of hydrogen-bond acceptors (Lipinski definition) is 5. The van der Waals surface area contributed by atoms with Crippen molar-refractivity contribution >= 4 is 22.4 Å². The molecule has 5 heteroatoms. The molecule has 1 heterocycles. The molecule has 0 aliphatic heterocycles. The summed E-state index contributed by atoms with van der Waals surface area (Å²) >= 11 is 1.52. The van der Waals surface area contributed by atoms with Gasteiger partial charge < -0.3 is 10.1 Å². The van der Waals surface area contributed by atoms with Gasteiger partial charge in [0.15, 0.2) is 10.8 Å². The number of carbonyl (C=O) groups excluding carboxylic acids is 1. The van der Waals surface area contributed by atoms with Gasteiger partial charge in [0.05, 0.1) is 7.11 Å². The van der Waals surface area contributed by atoms with Gasteiger partial charge in [-0.3, -0.25) is 0 Å². The molecule has 1 fully saturated rings. The molecule has 20 heavy (non-hydrogen) atoms. The van der Waals surface area contributed by atoms with Crippen molar-refractivity contribution in [2.75, 3.05) is 19.0 Å². The van der Waals surface area contributed by atoms with E-state index in [-0.39, 0.29) is 5.97 Å². The number of ether oxygens (including phenoxy) is 1. The summed E-state index contributed by atoms with van der Waals surface area (Å²) in [6.07, 6.45) is 6.64. The van der Waals surface area contributed by atoms with Crippen LogP contribution in [0.1, 0.15) is 54.4 Å². The van der Waals surface area contributed by atoms with E-state index in [9.17, 15) is 4.79 Å².